The summed E-state index contributed by atoms with van der Waals surface area (Å²) in [6, 6.07) is 11.6. The molecule has 0 atom stereocenters. The Kier molecular flexibility index (Phi) is 3.52. The molecule has 4 nitrogen and oxygen atoms in total. The lowest BCUT2D eigenvalue weighted by Crippen LogP contribution is -2.15. The quantitative estimate of drug-likeness (QED) is 0.941. The Morgan fingerprint density at radius 1 is 1.19 bits per heavy atom. The fourth-order valence-corrected chi connectivity index (χ4v) is 2.45. The van der Waals surface area contributed by atoms with Crippen molar-refractivity contribution in [3.05, 3.63) is 53.1 Å². The molecule has 0 aromatic heterocycles. The third-order valence-electron chi connectivity index (χ3n) is 3.49. The third kappa shape index (κ3) is 2.84. The van der Waals surface area contributed by atoms with Crippen LogP contribution in [0.3, 0.4) is 0 Å². The van der Waals surface area contributed by atoms with Crippen molar-refractivity contribution in [1.29, 1.82) is 0 Å². The summed E-state index contributed by atoms with van der Waals surface area (Å²) in [5.74, 6) is 1.31. The van der Waals surface area contributed by atoms with E-state index in [0.29, 0.717) is 11.5 Å². The first-order chi connectivity index (χ1) is 10.1. The number of carbonyl (C=O) groups excluding carboxylic acids is 1. The molecule has 4 heteroatoms. The normalized spacial score (nSPS) is 12.3. The number of hydrogen-bond acceptors (Lipinski definition) is 3. The van der Waals surface area contributed by atoms with E-state index in [-0.39, 0.29) is 19.1 Å². The molecule has 0 spiro atoms. The number of nitrogens with one attached hydrogen (secondary N) is 1. The number of amides is 1. The zero-order chi connectivity index (χ0) is 14.8. The van der Waals surface area contributed by atoms with Crippen LogP contribution in [0.25, 0.3) is 0 Å². The zero-order valence-corrected chi connectivity index (χ0v) is 12.1. The molecule has 2 aromatic carbocycles. The monoisotopic (exact) mass is 283 g/mol. The molecule has 1 heterocycles. The number of anilines is 1. The maximum absolute atomic E-state index is 12.2. The molecule has 0 bridgehead atoms. The Morgan fingerprint density at radius 2 is 2.05 bits per heavy atom. The number of ether oxygens (including phenoxy) is 2. The van der Waals surface area contributed by atoms with Gasteiger partial charge < -0.3 is 14.8 Å². The van der Waals surface area contributed by atoms with Crippen LogP contribution in [-0.2, 0) is 11.2 Å². The Morgan fingerprint density at radius 3 is 2.86 bits per heavy atom. The van der Waals surface area contributed by atoms with E-state index in [4.69, 9.17) is 9.47 Å². The van der Waals surface area contributed by atoms with Crippen LogP contribution < -0.4 is 14.8 Å². The van der Waals surface area contributed by atoms with Gasteiger partial charge in [-0.15, -0.1) is 0 Å². The number of hydrogen-bond donors (Lipinski definition) is 1. The first-order valence-corrected chi connectivity index (χ1v) is 6.88. The van der Waals surface area contributed by atoms with Crippen molar-refractivity contribution in [1.82, 2.24) is 0 Å². The summed E-state index contributed by atoms with van der Waals surface area (Å²) in [6.07, 6.45) is 0.264. The molecule has 1 N–H and O–H groups in total. The molecular formula is C17H17NO3. The van der Waals surface area contributed by atoms with Gasteiger partial charge in [-0.3, -0.25) is 4.79 Å². The van der Waals surface area contributed by atoms with E-state index in [1.165, 1.54) is 5.56 Å². The number of carbonyl (C=O) groups is 1. The summed E-state index contributed by atoms with van der Waals surface area (Å²) in [5, 5.41) is 2.94. The molecule has 0 saturated carbocycles. The van der Waals surface area contributed by atoms with Crippen molar-refractivity contribution in [2.45, 2.75) is 20.3 Å². The number of fused-ring (bicyclic) bond motifs is 1. The van der Waals surface area contributed by atoms with Gasteiger partial charge in [0.1, 0.15) is 0 Å². The summed E-state index contributed by atoms with van der Waals surface area (Å²) in [7, 11) is 0. The van der Waals surface area contributed by atoms with Gasteiger partial charge in [0.25, 0.3) is 0 Å². The van der Waals surface area contributed by atoms with E-state index in [9.17, 15) is 4.79 Å². The average molecular weight is 283 g/mol. The Hall–Kier alpha value is -2.49. The van der Waals surface area contributed by atoms with Crippen LogP contribution in [0, 0.1) is 13.8 Å². The molecule has 0 radical (unpaired) electrons. The van der Waals surface area contributed by atoms with Gasteiger partial charge in [-0.05, 0) is 31.5 Å². The van der Waals surface area contributed by atoms with Gasteiger partial charge in [0, 0.05) is 11.3 Å². The van der Waals surface area contributed by atoms with E-state index in [0.717, 1.165) is 16.8 Å². The first-order valence-electron chi connectivity index (χ1n) is 6.88. The Bertz CT molecular complexity index is 694. The molecule has 0 fully saturated rings. The highest BCUT2D eigenvalue weighted by Crippen LogP contribution is 2.35. The zero-order valence-electron chi connectivity index (χ0n) is 12.1. The Balaban J connectivity index is 1.74. The van der Waals surface area contributed by atoms with Gasteiger partial charge in [-0.25, -0.2) is 0 Å². The molecule has 0 aliphatic carbocycles. The highest BCUT2D eigenvalue weighted by molar-refractivity contribution is 5.93. The lowest BCUT2D eigenvalue weighted by Gasteiger charge is -2.10. The molecule has 1 aliphatic rings. The maximum atomic E-state index is 12.2. The van der Waals surface area contributed by atoms with Crippen molar-refractivity contribution in [3.8, 4) is 11.5 Å². The van der Waals surface area contributed by atoms with Crippen LogP contribution in [0.4, 0.5) is 5.69 Å². The van der Waals surface area contributed by atoms with Crippen molar-refractivity contribution in [3.63, 3.8) is 0 Å². The van der Waals surface area contributed by atoms with Gasteiger partial charge in [0.15, 0.2) is 11.5 Å². The third-order valence-corrected chi connectivity index (χ3v) is 3.49. The topological polar surface area (TPSA) is 47.6 Å². The highest BCUT2D eigenvalue weighted by atomic mass is 16.7. The molecule has 0 saturated heterocycles. The van der Waals surface area contributed by atoms with Gasteiger partial charge in [-0.1, -0.05) is 29.8 Å². The van der Waals surface area contributed by atoms with E-state index in [1.54, 1.807) is 0 Å². The minimum atomic E-state index is -0.0640. The van der Waals surface area contributed by atoms with Gasteiger partial charge >= 0.3 is 0 Å². The molecule has 1 aliphatic heterocycles. The van der Waals surface area contributed by atoms with E-state index in [1.807, 2.05) is 50.2 Å². The standard InChI is InChI=1S/C17H17NO3/c1-11-6-7-14(12(2)8-11)18-16(19)9-13-4-3-5-15-17(13)21-10-20-15/h3-8H,9-10H2,1-2H3,(H,18,19). The minimum Gasteiger partial charge on any atom is -0.454 e. The summed E-state index contributed by atoms with van der Waals surface area (Å²) in [4.78, 5) is 12.2. The van der Waals surface area contributed by atoms with E-state index in [2.05, 4.69) is 5.32 Å². The molecule has 108 valence electrons. The predicted octanol–water partition coefficient (Wildman–Crippen LogP) is 3.21. The number of para-hydroxylation sites is 1. The maximum Gasteiger partial charge on any atom is 0.231 e. The van der Waals surface area contributed by atoms with Crippen LogP contribution in [0.15, 0.2) is 36.4 Å². The molecule has 2 aromatic rings. The predicted molar refractivity (Wildman–Crippen MR) is 80.8 cm³/mol. The van der Waals surface area contributed by atoms with Crippen LogP contribution >= 0.6 is 0 Å². The van der Waals surface area contributed by atoms with Gasteiger partial charge in [0.05, 0.1) is 6.42 Å². The van der Waals surface area contributed by atoms with Crippen LogP contribution in [0.2, 0.25) is 0 Å². The first kappa shape index (κ1) is 13.5. The minimum absolute atomic E-state index is 0.0640. The van der Waals surface area contributed by atoms with Crippen LogP contribution in [0.5, 0.6) is 11.5 Å². The molecule has 0 unspecified atom stereocenters. The molecule has 3 rings (SSSR count). The molecular weight excluding hydrogens is 266 g/mol. The van der Waals surface area contributed by atoms with Crippen molar-refractivity contribution >= 4 is 11.6 Å². The second kappa shape index (κ2) is 5.48. The summed E-state index contributed by atoms with van der Waals surface area (Å²) < 4.78 is 10.7. The highest BCUT2D eigenvalue weighted by Gasteiger charge is 2.19. The summed E-state index contributed by atoms with van der Waals surface area (Å²) in [6.45, 7) is 4.23. The number of aryl methyl sites for hydroxylation is 2. The molecule has 21 heavy (non-hydrogen) atoms. The van der Waals surface area contributed by atoms with Crippen molar-refractivity contribution < 1.29 is 14.3 Å². The fourth-order valence-electron chi connectivity index (χ4n) is 2.45. The van der Waals surface area contributed by atoms with Crippen molar-refractivity contribution in [2.75, 3.05) is 12.1 Å². The Labute approximate surface area is 123 Å². The van der Waals surface area contributed by atoms with Crippen molar-refractivity contribution in [2.24, 2.45) is 0 Å². The average Bonchev–Trinajstić information content (AvgIpc) is 2.91. The second-order valence-corrected chi connectivity index (χ2v) is 5.19. The van der Waals surface area contributed by atoms with Gasteiger partial charge in [-0.2, -0.15) is 0 Å². The lowest BCUT2D eigenvalue weighted by molar-refractivity contribution is -0.115. The second-order valence-electron chi connectivity index (χ2n) is 5.19. The van der Waals surface area contributed by atoms with Gasteiger partial charge in [0.2, 0.25) is 12.7 Å². The lowest BCUT2D eigenvalue weighted by atomic mass is 10.1. The molecule has 1 amide bonds. The van der Waals surface area contributed by atoms with Crippen LogP contribution in [-0.4, -0.2) is 12.7 Å². The van der Waals surface area contributed by atoms with E-state index < -0.39 is 0 Å². The smallest absolute Gasteiger partial charge is 0.231 e. The number of rotatable bonds is 3. The van der Waals surface area contributed by atoms with E-state index >= 15 is 0 Å². The largest absolute Gasteiger partial charge is 0.454 e. The number of benzene rings is 2. The SMILES string of the molecule is Cc1ccc(NC(=O)Cc2cccc3c2OCO3)c(C)c1. The van der Waals surface area contributed by atoms with Crippen LogP contribution in [0.1, 0.15) is 16.7 Å². The fraction of sp³-hybridized carbons (Fsp3) is 0.235. The summed E-state index contributed by atoms with van der Waals surface area (Å²) >= 11 is 0. The summed E-state index contributed by atoms with van der Waals surface area (Å²) in [5.41, 5.74) is 3.92.